The number of fused-ring (bicyclic) bond motifs is 1. The predicted octanol–water partition coefficient (Wildman–Crippen LogP) is 3.35. The Morgan fingerprint density at radius 2 is 2.04 bits per heavy atom. The first kappa shape index (κ1) is 20.0. The predicted molar refractivity (Wildman–Crippen MR) is 108 cm³/mol. The maximum Gasteiger partial charge on any atom is 0.326 e. The van der Waals surface area contributed by atoms with E-state index < -0.39 is 0 Å². The number of carbonyl (C=O) groups excluding carboxylic acids is 2. The first-order chi connectivity index (χ1) is 13.4. The fraction of sp³-hybridized carbons (Fsp3) is 0.400. The monoisotopic (exact) mass is 400 g/mol. The van der Waals surface area contributed by atoms with E-state index in [9.17, 15) is 9.59 Å². The Hall–Kier alpha value is -2.74. The summed E-state index contributed by atoms with van der Waals surface area (Å²) in [6.07, 6.45) is 2.50. The molecule has 1 amide bonds. The fourth-order valence-corrected chi connectivity index (χ4v) is 4.04. The summed E-state index contributed by atoms with van der Waals surface area (Å²) in [6, 6.07) is 7.76. The van der Waals surface area contributed by atoms with Crippen LogP contribution in [0.15, 0.2) is 35.5 Å². The van der Waals surface area contributed by atoms with Crippen LogP contribution < -0.4 is 4.80 Å². The van der Waals surface area contributed by atoms with E-state index in [1.165, 1.54) is 16.9 Å². The largest absolute Gasteiger partial charge is 0.465 e. The molecule has 0 radical (unpaired) electrons. The van der Waals surface area contributed by atoms with Crippen molar-refractivity contribution in [3.8, 4) is 0 Å². The van der Waals surface area contributed by atoms with Crippen LogP contribution >= 0.6 is 11.3 Å². The Bertz CT molecular complexity index is 1070. The number of esters is 1. The third-order valence-corrected chi connectivity index (χ3v) is 5.36. The number of aryl methyl sites for hydroxylation is 1. The van der Waals surface area contributed by atoms with Crippen molar-refractivity contribution in [1.29, 1.82) is 0 Å². The zero-order chi connectivity index (χ0) is 20.3. The minimum atomic E-state index is -0.383. The number of nitrogens with zero attached hydrogens (tertiary/aromatic N) is 4. The van der Waals surface area contributed by atoms with Crippen molar-refractivity contribution in [2.24, 2.45) is 4.99 Å². The van der Waals surface area contributed by atoms with Gasteiger partial charge in [-0.3, -0.25) is 14.3 Å². The van der Waals surface area contributed by atoms with Crippen molar-refractivity contribution < 1.29 is 14.3 Å². The number of aromatic nitrogens is 3. The summed E-state index contributed by atoms with van der Waals surface area (Å²) in [5.74, 6) is -0.742. The number of carbonyl (C=O) groups is 2. The Balaban J connectivity index is 2.12. The van der Waals surface area contributed by atoms with Crippen LogP contribution in [0.25, 0.3) is 10.2 Å². The van der Waals surface area contributed by atoms with Gasteiger partial charge < -0.3 is 9.30 Å². The van der Waals surface area contributed by atoms with Gasteiger partial charge in [-0.15, -0.1) is 0 Å². The lowest BCUT2D eigenvalue weighted by atomic mass is 10.2. The lowest BCUT2D eigenvalue weighted by Crippen LogP contribution is -2.23. The Kier molecular flexibility index (Phi) is 6.08. The second-order valence-electron chi connectivity index (χ2n) is 6.60. The van der Waals surface area contributed by atoms with Gasteiger partial charge in [-0.2, -0.15) is 10.1 Å². The first-order valence-corrected chi connectivity index (χ1v) is 10.2. The van der Waals surface area contributed by atoms with Crippen LogP contribution in [0.4, 0.5) is 0 Å². The Morgan fingerprint density at radius 3 is 2.71 bits per heavy atom. The summed E-state index contributed by atoms with van der Waals surface area (Å²) in [5.41, 5.74) is 2.47. The van der Waals surface area contributed by atoms with E-state index in [-0.39, 0.29) is 24.5 Å². The van der Waals surface area contributed by atoms with Crippen LogP contribution in [0.2, 0.25) is 0 Å². The second kappa shape index (κ2) is 8.52. The van der Waals surface area contributed by atoms with Gasteiger partial charge in [0.25, 0.3) is 5.91 Å². The molecule has 0 atom stereocenters. The second-order valence-corrected chi connectivity index (χ2v) is 7.61. The fourth-order valence-electron chi connectivity index (χ4n) is 2.95. The lowest BCUT2D eigenvalue weighted by molar-refractivity contribution is -0.143. The molecule has 7 nitrogen and oxygen atoms in total. The zero-order valence-electron chi connectivity index (χ0n) is 16.5. The Labute approximate surface area is 167 Å². The van der Waals surface area contributed by atoms with Crippen LogP contribution in [-0.2, 0) is 22.5 Å². The number of ether oxygens (including phenoxy) is 1. The molecule has 0 saturated carbocycles. The molecule has 8 heteroatoms. The van der Waals surface area contributed by atoms with Crippen molar-refractivity contribution in [1.82, 2.24) is 14.3 Å². The van der Waals surface area contributed by atoms with Gasteiger partial charge in [0.1, 0.15) is 12.2 Å². The highest BCUT2D eigenvalue weighted by Crippen LogP contribution is 2.20. The summed E-state index contributed by atoms with van der Waals surface area (Å²) in [4.78, 5) is 29.7. The van der Waals surface area contributed by atoms with Gasteiger partial charge in [0.15, 0.2) is 4.80 Å². The van der Waals surface area contributed by atoms with Gasteiger partial charge in [0.2, 0.25) is 0 Å². The summed E-state index contributed by atoms with van der Waals surface area (Å²) in [7, 11) is 0. The number of benzene rings is 1. The van der Waals surface area contributed by atoms with E-state index in [4.69, 9.17) is 4.74 Å². The van der Waals surface area contributed by atoms with Crippen LogP contribution in [0.5, 0.6) is 0 Å². The third kappa shape index (κ3) is 4.06. The number of hydrogen-bond donors (Lipinski definition) is 0. The number of rotatable bonds is 6. The van der Waals surface area contributed by atoms with Gasteiger partial charge in [-0.1, -0.05) is 24.3 Å². The summed E-state index contributed by atoms with van der Waals surface area (Å²) >= 11 is 1.39. The molecule has 0 unspecified atom stereocenters. The molecule has 0 aliphatic heterocycles. The standard InChI is InChI=1S/C20H24N4O3S/c1-5-14-7-8-15-17(11-14)28-20(23(15)12-18(25)27-6-2)22-19(26)16-9-10-21-24(16)13(3)4/h7-11,13H,5-6,12H2,1-4H3. The van der Waals surface area contributed by atoms with E-state index in [1.54, 1.807) is 28.4 Å². The molecular weight excluding hydrogens is 376 g/mol. The molecule has 0 fully saturated rings. The molecule has 0 bridgehead atoms. The van der Waals surface area contributed by atoms with Gasteiger partial charge in [0.05, 0.1) is 16.8 Å². The van der Waals surface area contributed by atoms with Crippen LogP contribution in [0.1, 0.15) is 49.8 Å². The van der Waals surface area contributed by atoms with Crippen molar-refractivity contribution in [2.45, 2.75) is 46.7 Å². The maximum absolute atomic E-state index is 12.8. The van der Waals surface area contributed by atoms with E-state index in [2.05, 4.69) is 23.1 Å². The van der Waals surface area contributed by atoms with E-state index in [0.717, 1.165) is 16.6 Å². The smallest absolute Gasteiger partial charge is 0.326 e. The minimum Gasteiger partial charge on any atom is -0.465 e. The number of amides is 1. The number of hydrogen-bond acceptors (Lipinski definition) is 5. The third-order valence-electron chi connectivity index (χ3n) is 4.32. The molecule has 3 rings (SSSR count). The quantitative estimate of drug-likeness (QED) is 0.595. The number of thiazole rings is 1. The topological polar surface area (TPSA) is 78.5 Å². The highest BCUT2D eigenvalue weighted by atomic mass is 32.1. The maximum atomic E-state index is 12.8. The molecule has 0 spiro atoms. The normalized spacial score (nSPS) is 12.1. The minimum absolute atomic E-state index is 0.00880. The average Bonchev–Trinajstić information content (AvgIpc) is 3.27. The van der Waals surface area contributed by atoms with Crippen LogP contribution in [0, 0.1) is 0 Å². The van der Waals surface area contributed by atoms with Crippen molar-refractivity contribution in [3.63, 3.8) is 0 Å². The zero-order valence-corrected chi connectivity index (χ0v) is 17.3. The molecule has 148 valence electrons. The molecule has 1 aromatic carbocycles. The Morgan fingerprint density at radius 1 is 1.25 bits per heavy atom. The summed E-state index contributed by atoms with van der Waals surface area (Å²) in [5, 5.41) is 4.20. The summed E-state index contributed by atoms with van der Waals surface area (Å²) in [6.45, 7) is 8.08. The molecule has 0 aliphatic carbocycles. The van der Waals surface area contributed by atoms with Gasteiger partial charge in [0, 0.05) is 12.2 Å². The molecule has 28 heavy (non-hydrogen) atoms. The van der Waals surface area contributed by atoms with E-state index >= 15 is 0 Å². The molecular formula is C20H24N4O3S. The molecule has 0 N–H and O–H groups in total. The molecule has 0 aliphatic rings. The van der Waals surface area contributed by atoms with Crippen molar-refractivity contribution in [2.75, 3.05) is 6.61 Å². The summed E-state index contributed by atoms with van der Waals surface area (Å²) < 4.78 is 9.46. The van der Waals surface area contributed by atoms with Crippen molar-refractivity contribution >= 4 is 33.4 Å². The SMILES string of the molecule is CCOC(=O)Cn1c(=NC(=O)c2ccnn2C(C)C)sc2cc(CC)ccc21. The molecule has 0 saturated heterocycles. The average molecular weight is 401 g/mol. The highest BCUT2D eigenvalue weighted by molar-refractivity contribution is 7.16. The highest BCUT2D eigenvalue weighted by Gasteiger charge is 2.16. The van der Waals surface area contributed by atoms with Crippen LogP contribution in [-0.4, -0.2) is 32.8 Å². The van der Waals surface area contributed by atoms with E-state index in [0.29, 0.717) is 17.1 Å². The van der Waals surface area contributed by atoms with Gasteiger partial charge in [-0.25, -0.2) is 0 Å². The molecule has 2 heterocycles. The van der Waals surface area contributed by atoms with Gasteiger partial charge >= 0.3 is 5.97 Å². The van der Waals surface area contributed by atoms with Crippen LogP contribution in [0.3, 0.4) is 0 Å². The van der Waals surface area contributed by atoms with Crippen molar-refractivity contribution in [3.05, 3.63) is 46.5 Å². The molecule has 2 aromatic heterocycles. The first-order valence-electron chi connectivity index (χ1n) is 9.35. The van der Waals surface area contributed by atoms with Gasteiger partial charge in [-0.05, 0) is 51.0 Å². The molecule has 3 aromatic rings. The van der Waals surface area contributed by atoms with E-state index in [1.807, 2.05) is 26.0 Å². The lowest BCUT2D eigenvalue weighted by Gasteiger charge is -2.08.